The van der Waals surface area contributed by atoms with Gasteiger partial charge in [0, 0.05) is 12.6 Å². The number of carbonyl (C=O) groups excluding carboxylic acids is 1. The average molecular weight is 226 g/mol. The average Bonchev–Trinajstić information content (AvgIpc) is 2.77. The van der Waals surface area contributed by atoms with Crippen molar-refractivity contribution in [2.45, 2.75) is 53.0 Å². The Morgan fingerprint density at radius 3 is 2.56 bits per heavy atom. The Morgan fingerprint density at radius 2 is 2.12 bits per heavy atom. The van der Waals surface area contributed by atoms with Gasteiger partial charge in [-0.25, -0.2) is 0 Å². The maximum Gasteiger partial charge on any atom is 0.227 e. The molecular formula is C13H26N2O. The van der Waals surface area contributed by atoms with Crippen molar-refractivity contribution in [3.8, 4) is 0 Å². The second-order valence-electron chi connectivity index (χ2n) is 5.21. The molecule has 3 unspecified atom stereocenters. The molecule has 1 aliphatic heterocycles. The van der Waals surface area contributed by atoms with Crippen LogP contribution >= 0.6 is 0 Å². The molecule has 3 atom stereocenters. The van der Waals surface area contributed by atoms with E-state index >= 15 is 0 Å². The van der Waals surface area contributed by atoms with Crippen LogP contribution in [0.1, 0.15) is 47.0 Å². The Bertz CT molecular complexity index is 234. The molecule has 1 saturated heterocycles. The molecule has 0 bridgehead atoms. The summed E-state index contributed by atoms with van der Waals surface area (Å²) in [6.45, 7) is 10.4. The number of carbonyl (C=O) groups is 1. The van der Waals surface area contributed by atoms with E-state index in [9.17, 15) is 4.79 Å². The Kier molecular flexibility index (Phi) is 4.78. The van der Waals surface area contributed by atoms with Crippen molar-refractivity contribution < 1.29 is 4.79 Å². The molecule has 1 aliphatic rings. The quantitative estimate of drug-likeness (QED) is 0.752. The third-order valence-electron chi connectivity index (χ3n) is 4.26. The number of rotatable bonds is 5. The van der Waals surface area contributed by atoms with Crippen LogP contribution in [0, 0.1) is 11.3 Å². The zero-order valence-corrected chi connectivity index (χ0v) is 11.1. The topological polar surface area (TPSA) is 41.1 Å². The third-order valence-corrected chi connectivity index (χ3v) is 4.26. The third kappa shape index (κ3) is 2.76. The smallest absolute Gasteiger partial charge is 0.227 e. The van der Waals surface area contributed by atoms with Crippen molar-refractivity contribution in [1.29, 1.82) is 0 Å². The zero-order chi connectivity index (χ0) is 12.2. The first-order valence-electron chi connectivity index (χ1n) is 6.57. The molecule has 1 amide bonds. The van der Waals surface area contributed by atoms with Crippen LogP contribution in [0.25, 0.3) is 0 Å². The predicted molar refractivity (Wildman–Crippen MR) is 67.3 cm³/mol. The van der Waals surface area contributed by atoms with E-state index in [-0.39, 0.29) is 17.4 Å². The molecule has 94 valence electrons. The second kappa shape index (κ2) is 5.67. The van der Waals surface area contributed by atoms with Crippen molar-refractivity contribution >= 4 is 5.91 Å². The molecule has 0 aliphatic carbocycles. The van der Waals surface area contributed by atoms with Gasteiger partial charge in [-0.15, -0.1) is 0 Å². The van der Waals surface area contributed by atoms with Gasteiger partial charge in [-0.05, 0) is 32.2 Å². The van der Waals surface area contributed by atoms with Crippen molar-refractivity contribution in [1.82, 2.24) is 10.6 Å². The van der Waals surface area contributed by atoms with Crippen molar-refractivity contribution in [3.05, 3.63) is 0 Å². The summed E-state index contributed by atoms with van der Waals surface area (Å²) in [5.74, 6) is 0.792. The highest BCUT2D eigenvalue weighted by atomic mass is 16.2. The molecular weight excluding hydrogens is 200 g/mol. The minimum atomic E-state index is -0.151. The molecule has 16 heavy (non-hydrogen) atoms. The molecule has 1 fully saturated rings. The van der Waals surface area contributed by atoms with E-state index in [4.69, 9.17) is 0 Å². The lowest BCUT2D eigenvalue weighted by Gasteiger charge is -2.29. The van der Waals surface area contributed by atoms with E-state index in [0.717, 1.165) is 32.4 Å². The van der Waals surface area contributed by atoms with Gasteiger partial charge in [0.1, 0.15) is 0 Å². The van der Waals surface area contributed by atoms with Gasteiger partial charge in [-0.3, -0.25) is 4.79 Å². The fourth-order valence-electron chi connectivity index (χ4n) is 2.26. The summed E-state index contributed by atoms with van der Waals surface area (Å²) >= 11 is 0. The van der Waals surface area contributed by atoms with Crippen molar-refractivity contribution in [3.63, 3.8) is 0 Å². The van der Waals surface area contributed by atoms with Gasteiger partial charge in [0.2, 0.25) is 5.91 Å². The Balaban J connectivity index is 2.56. The molecule has 0 radical (unpaired) electrons. The molecule has 0 spiro atoms. The van der Waals surface area contributed by atoms with Gasteiger partial charge in [0.15, 0.2) is 0 Å². The summed E-state index contributed by atoms with van der Waals surface area (Å²) in [5.41, 5.74) is -0.151. The highest BCUT2D eigenvalue weighted by molar-refractivity contribution is 5.83. The summed E-state index contributed by atoms with van der Waals surface area (Å²) in [6, 6.07) is 0.279. The molecule has 0 aromatic rings. The zero-order valence-electron chi connectivity index (χ0n) is 11.1. The van der Waals surface area contributed by atoms with E-state index in [0.29, 0.717) is 5.92 Å². The van der Waals surface area contributed by atoms with Gasteiger partial charge in [0.25, 0.3) is 0 Å². The van der Waals surface area contributed by atoms with Crippen LogP contribution in [0.4, 0.5) is 0 Å². The van der Waals surface area contributed by atoms with E-state index in [1.807, 2.05) is 0 Å². The number of hydrogen-bond acceptors (Lipinski definition) is 2. The monoisotopic (exact) mass is 226 g/mol. The predicted octanol–water partition coefficient (Wildman–Crippen LogP) is 1.93. The van der Waals surface area contributed by atoms with Crippen LogP contribution in [-0.2, 0) is 4.79 Å². The second-order valence-corrected chi connectivity index (χ2v) is 5.21. The minimum Gasteiger partial charge on any atom is -0.353 e. The molecule has 0 aromatic heterocycles. The first kappa shape index (κ1) is 13.5. The summed E-state index contributed by atoms with van der Waals surface area (Å²) < 4.78 is 0. The fourth-order valence-corrected chi connectivity index (χ4v) is 2.26. The first-order valence-corrected chi connectivity index (χ1v) is 6.57. The molecule has 1 heterocycles. The minimum absolute atomic E-state index is 0.151. The molecule has 3 heteroatoms. The highest BCUT2D eigenvalue weighted by Gasteiger charge is 2.39. The molecule has 1 rings (SSSR count). The van der Waals surface area contributed by atoms with Gasteiger partial charge in [-0.1, -0.05) is 27.2 Å². The molecule has 0 saturated carbocycles. The largest absolute Gasteiger partial charge is 0.353 e. The highest BCUT2D eigenvalue weighted by Crippen LogP contribution is 2.29. The van der Waals surface area contributed by atoms with E-state index < -0.39 is 0 Å². The van der Waals surface area contributed by atoms with Crippen LogP contribution in [0.15, 0.2) is 0 Å². The fraction of sp³-hybridized carbons (Fsp3) is 0.923. The van der Waals surface area contributed by atoms with E-state index in [1.165, 1.54) is 0 Å². The van der Waals surface area contributed by atoms with Crippen molar-refractivity contribution in [2.75, 3.05) is 13.1 Å². The number of nitrogens with one attached hydrogen (secondary N) is 2. The molecule has 2 N–H and O–H groups in total. The maximum atomic E-state index is 12.3. The number of amides is 1. The van der Waals surface area contributed by atoms with Crippen molar-refractivity contribution in [2.24, 2.45) is 11.3 Å². The van der Waals surface area contributed by atoms with Gasteiger partial charge in [-0.2, -0.15) is 0 Å². The Hall–Kier alpha value is -0.570. The summed E-state index contributed by atoms with van der Waals surface area (Å²) in [5, 5.41) is 6.49. The lowest BCUT2D eigenvalue weighted by molar-refractivity contribution is -0.131. The lowest BCUT2D eigenvalue weighted by atomic mass is 9.82. The SMILES string of the molecule is CCC(C)C(C)NC(=O)C1(CC)CCNC1. The first-order chi connectivity index (χ1) is 7.55. The Morgan fingerprint density at radius 1 is 1.44 bits per heavy atom. The Labute approximate surface area is 99.4 Å². The standard InChI is InChI=1S/C13H26N2O/c1-5-10(3)11(4)15-12(16)13(6-2)7-8-14-9-13/h10-11,14H,5-9H2,1-4H3,(H,15,16). The van der Waals surface area contributed by atoms with Gasteiger partial charge < -0.3 is 10.6 Å². The summed E-state index contributed by atoms with van der Waals surface area (Å²) in [4.78, 5) is 12.3. The number of hydrogen-bond donors (Lipinski definition) is 2. The lowest BCUT2D eigenvalue weighted by Crippen LogP contribution is -2.47. The maximum absolute atomic E-state index is 12.3. The van der Waals surface area contributed by atoms with Crippen LogP contribution < -0.4 is 10.6 Å². The van der Waals surface area contributed by atoms with E-state index in [2.05, 4.69) is 38.3 Å². The van der Waals surface area contributed by atoms with Crippen LogP contribution in [0.2, 0.25) is 0 Å². The van der Waals surface area contributed by atoms with Crippen LogP contribution in [0.5, 0.6) is 0 Å². The normalized spacial score (nSPS) is 28.8. The van der Waals surface area contributed by atoms with E-state index in [1.54, 1.807) is 0 Å². The summed E-state index contributed by atoms with van der Waals surface area (Å²) in [6.07, 6.45) is 3.01. The van der Waals surface area contributed by atoms with Gasteiger partial charge >= 0.3 is 0 Å². The van der Waals surface area contributed by atoms with Crippen LogP contribution in [0.3, 0.4) is 0 Å². The van der Waals surface area contributed by atoms with Crippen LogP contribution in [-0.4, -0.2) is 25.0 Å². The summed E-state index contributed by atoms with van der Waals surface area (Å²) in [7, 11) is 0. The molecule has 3 nitrogen and oxygen atoms in total. The van der Waals surface area contributed by atoms with Gasteiger partial charge in [0.05, 0.1) is 5.41 Å². The molecule has 0 aromatic carbocycles.